The lowest BCUT2D eigenvalue weighted by Crippen LogP contribution is -2.29. The fraction of sp³-hybridized carbons (Fsp3) is 0.278. The van der Waals surface area contributed by atoms with Gasteiger partial charge in [0.15, 0.2) is 0 Å². The molecule has 1 aromatic heterocycles. The van der Waals surface area contributed by atoms with E-state index in [1.165, 1.54) is 11.1 Å². The molecule has 6 nitrogen and oxygen atoms in total. The van der Waals surface area contributed by atoms with Crippen LogP contribution in [0.3, 0.4) is 0 Å². The number of nitrogens with zero attached hydrogens (tertiary/aromatic N) is 5. The summed E-state index contributed by atoms with van der Waals surface area (Å²) in [5.74, 6) is 0.774. The van der Waals surface area contributed by atoms with Crippen molar-refractivity contribution in [2.24, 2.45) is 5.73 Å². The normalized spacial score (nSPS) is 10.7. The Bertz CT molecular complexity index is 726. The molecule has 3 aromatic rings. The van der Waals surface area contributed by atoms with Gasteiger partial charge in [-0.25, -0.2) is 4.68 Å². The standard InChI is InChI=1S/C18H22N6/c19-12-7-13-23(14-16-8-3-1-4-9-16)18-20-21-22-24(18)15-17-10-5-2-6-11-17/h1-6,8-11H,7,12-15,19H2. The number of hydrogen-bond acceptors (Lipinski definition) is 5. The number of rotatable bonds is 8. The van der Waals surface area contributed by atoms with E-state index in [0.29, 0.717) is 13.1 Å². The van der Waals surface area contributed by atoms with Gasteiger partial charge in [-0.1, -0.05) is 65.8 Å². The van der Waals surface area contributed by atoms with E-state index in [9.17, 15) is 0 Å². The molecule has 6 heteroatoms. The van der Waals surface area contributed by atoms with Crippen molar-refractivity contribution < 1.29 is 0 Å². The Morgan fingerprint density at radius 2 is 1.58 bits per heavy atom. The van der Waals surface area contributed by atoms with E-state index in [1.807, 2.05) is 41.1 Å². The molecule has 3 rings (SSSR count). The Balaban J connectivity index is 1.81. The van der Waals surface area contributed by atoms with Crippen LogP contribution < -0.4 is 10.6 Å². The van der Waals surface area contributed by atoms with Crippen molar-refractivity contribution in [3.63, 3.8) is 0 Å². The maximum absolute atomic E-state index is 5.70. The van der Waals surface area contributed by atoms with Crippen LogP contribution in [0.5, 0.6) is 0 Å². The molecule has 0 unspecified atom stereocenters. The Morgan fingerprint density at radius 3 is 2.25 bits per heavy atom. The van der Waals surface area contributed by atoms with Gasteiger partial charge in [-0.15, -0.1) is 0 Å². The monoisotopic (exact) mass is 322 g/mol. The first kappa shape index (κ1) is 16.1. The first-order valence-corrected chi connectivity index (χ1v) is 8.16. The molecule has 0 spiro atoms. The third-order valence-electron chi connectivity index (χ3n) is 3.82. The molecule has 2 aromatic carbocycles. The summed E-state index contributed by atoms with van der Waals surface area (Å²) in [6.45, 7) is 2.87. The van der Waals surface area contributed by atoms with Gasteiger partial charge in [0.25, 0.3) is 0 Å². The van der Waals surface area contributed by atoms with Gasteiger partial charge in [-0.2, -0.15) is 0 Å². The van der Waals surface area contributed by atoms with Crippen LogP contribution in [0.15, 0.2) is 60.7 Å². The molecule has 0 saturated carbocycles. The molecule has 0 radical (unpaired) electrons. The molecule has 124 valence electrons. The van der Waals surface area contributed by atoms with Gasteiger partial charge in [-0.3, -0.25) is 0 Å². The van der Waals surface area contributed by atoms with E-state index >= 15 is 0 Å². The Kier molecular flexibility index (Phi) is 5.52. The van der Waals surface area contributed by atoms with Gasteiger partial charge in [0.2, 0.25) is 5.95 Å². The lowest BCUT2D eigenvalue weighted by Gasteiger charge is -2.23. The number of benzene rings is 2. The van der Waals surface area contributed by atoms with Gasteiger partial charge >= 0.3 is 0 Å². The van der Waals surface area contributed by atoms with E-state index in [1.54, 1.807) is 0 Å². The van der Waals surface area contributed by atoms with Crippen molar-refractivity contribution in [1.82, 2.24) is 20.2 Å². The van der Waals surface area contributed by atoms with E-state index < -0.39 is 0 Å². The summed E-state index contributed by atoms with van der Waals surface area (Å²) in [5, 5.41) is 12.3. The summed E-state index contributed by atoms with van der Waals surface area (Å²) in [4.78, 5) is 2.19. The molecular weight excluding hydrogens is 300 g/mol. The van der Waals surface area contributed by atoms with Crippen LogP contribution in [0.1, 0.15) is 17.5 Å². The second-order valence-electron chi connectivity index (χ2n) is 5.67. The highest BCUT2D eigenvalue weighted by molar-refractivity contribution is 5.32. The minimum atomic E-state index is 0.644. The summed E-state index contributed by atoms with van der Waals surface area (Å²) in [6.07, 6.45) is 0.894. The van der Waals surface area contributed by atoms with Gasteiger partial charge in [-0.05, 0) is 34.5 Å². The van der Waals surface area contributed by atoms with Gasteiger partial charge in [0, 0.05) is 13.1 Å². The second kappa shape index (κ2) is 8.21. The molecule has 0 aliphatic heterocycles. The highest BCUT2D eigenvalue weighted by Gasteiger charge is 2.15. The molecule has 0 fully saturated rings. The molecule has 2 N–H and O–H groups in total. The summed E-state index contributed by atoms with van der Waals surface area (Å²) < 4.78 is 1.84. The summed E-state index contributed by atoms with van der Waals surface area (Å²) in [6, 6.07) is 20.5. The van der Waals surface area contributed by atoms with Crippen LogP contribution in [0.2, 0.25) is 0 Å². The molecule has 0 atom stereocenters. The summed E-state index contributed by atoms with van der Waals surface area (Å²) >= 11 is 0. The van der Waals surface area contributed by atoms with Crippen molar-refractivity contribution in [1.29, 1.82) is 0 Å². The lowest BCUT2D eigenvalue weighted by molar-refractivity contribution is 0.620. The summed E-state index contributed by atoms with van der Waals surface area (Å²) in [7, 11) is 0. The number of tetrazole rings is 1. The topological polar surface area (TPSA) is 72.9 Å². The molecular formula is C18H22N6. The van der Waals surface area contributed by atoms with E-state index in [0.717, 1.165) is 25.5 Å². The van der Waals surface area contributed by atoms with Crippen molar-refractivity contribution in [2.45, 2.75) is 19.5 Å². The van der Waals surface area contributed by atoms with Crippen molar-refractivity contribution in [3.8, 4) is 0 Å². The Hall–Kier alpha value is -2.73. The quantitative estimate of drug-likeness (QED) is 0.687. The van der Waals surface area contributed by atoms with Crippen molar-refractivity contribution in [3.05, 3.63) is 71.8 Å². The molecule has 1 heterocycles. The predicted octanol–water partition coefficient (Wildman–Crippen LogP) is 2.08. The van der Waals surface area contributed by atoms with Crippen molar-refractivity contribution >= 4 is 5.95 Å². The third-order valence-corrected chi connectivity index (χ3v) is 3.82. The molecule has 24 heavy (non-hydrogen) atoms. The number of anilines is 1. The fourth-order valence-electron chi connectivity index (χ4n) is 2.62. The average molecular weight is 322 g/mol. The zero-order valence-corrected chi connectivity index (χ0v) is 13.6. The fourth-order valence-corrected chi connectivity index (χ4v) is 2.62. The van der Waals surface area contributed by atoms with Crippen molar-refractivity contribution in [2.75, 3.05) is 18.0 Å². The molecule has 0 amide bonds. The van der Waals surface area contributed by atoms with Crippen LogP contribution in [-0.4, -0.2) is 33.3 Å². The van der Waals surface area contributed by atoms with Crippen LogP contribution in [0, 0.1) is 0 Å². The molecule has 0 aliphatic carbocycles. The van der Waals surface area contributed by atoms with Gasteiger partial charge in [0.1, 0.15) is 0 Å². The largest absolute Gasteiger partial charge is 0.335 e. The van der Waals surface area contributed by atoms with Gasteiger partial charge < -0.3 is 10.6 Å². The molecule has 0 bridgehead atoms. The summed E-state index contributed by atoms with van der Waals surface area (Å²) in [5.41, 5.74) is 8.10. The van der Waals surface area contributed by atoms with Gasteiger partial charge in [0.05, 0.1) is 6.54 Å². The Morgan fingerprint density at radius 1 is 0.917 bits per heavy atom. The van der Waals surface area contributed by atoms with Crippen LogP contribution >= 0.6 is 0 Å². The highest BCUT2D eigenvalue weighted by atomic mass is 15.6. The average Bonchev–Trinajstić information content (AvgIpc) is 3.08. The smallest absolute Gasteiger partial charge is 0.246 e. The predicted molar refractivity (Wildman–Crippen MR) is 94.5 cm³/mol. The molecule has 0 saturated heterocycles. The molecule has 0 aliphatic rings. The zero-order chi connectivity index (χ0) is 16.6. The maximum Gasteiger partial charge on any atom is 0.246 e. The van der Waals surface area contributed by atoms with E-state index in [-0.39, 0.29) is 0 Å². The van der Waals surface area contributed by atoms with E-state index in [4.69, 9.17) is 5.73 Å². The first-order valence-electron chi connectivity index (χ1n) is 8.16. The zero-order valence-electron chi connectivity index (χ0n) is 13.6. The highest BCUT2D eigenvalue weighted by Crippen LogP contribution is 2.15. The Labute approximate surface area is 141 Å². The SMILES string of the molecule is NCCCN(Cc1ccccc1)c1nnnn1Cc1ccccc1. The van der Waals surface area contributed by atoms with Crippen LogP contribution in [-0.2, 0) is 13.1 Å². The third kappa shape index (κ3) is 4.17. The number of hydrogen-bond donors (Lipinski definition) is 1. The second-order valence-corrected chi connectivity index (χ2v) is 5.67. The minimum Gasteiger partial charge on any atom is -0.335 e. The lowest BCUT2D eigenvalue weighted by atomic mass is 10.2. The van der Waals surface area contributed by atoms with Crippen LogP contribution in [0.25, 0.3) is 0 Å². The minimum absolute atomic E-state index is 0.644. The number of nitrogens with two attached hydrogens (primary N) is 1. The van der Waals surface area contributed by atoms with E-state index in [2.05, 4.69) is 44.7 Å². The van der Waals surface area contributed by atoms with Crippen LogP contribution in [0.4, 0.5) is 5.95 Å². The first-order chi connectivity index (χ1) is 11.9. The number of aromatic nitrogens is 4. The maximum atomic E-state index is 5.70.